The molecule has 6 heteroatoms. The van der Waals surface area contributed by atoms with Gasteiger partial charge in [0.1, 0.15) is 30.0 Å². The first-order valence-corrected chi connectivity index (χ1v) is 27.9. The molecule has 352 valence electrons. The minimum Gasteiger partial charge on any atom is -0.485 e. The lowest BCUT2D eigenvalue weighted by atomic mass is 9.67. The van der Waals surface area contributed by atoms with E-state index in [0.29, 0.717) is 29.8 Å². The van der Waals surface area contributed by atoms with Crippen molar-refractivity contribution in [3.8, 4) is 5.75 Å². The van der Waals surface area contributed by atoms with Crippen LogP contribution in [0.3, 0.4) is 0 Å². The highest BCUT2D eigenvalue weighted by molar-refractivity contribution is 14.1. The maximum absolute atomic E-state index is 7.18. The molecule has 11 unspecified atom stereocenters. The van der Waals surface area contributed by atoms with Crippen molar-refractivity contribution in [1.82, 2.24) is 15.5 Å². The molecule has 0 amide bonds. The van der Waals surface area contributed by atoms with Gasteiger partial charge in [-0.25, -0.2) is 4.99 Å². The van der Waals surface area contributed by atoms with Gasteiger partial charge in [0.2, 0.25) is 0 Å². The summed E-state index contributed by atoms with van der Waals surface area (Å²) < 4.78 is 8.21. The second kappa shape index (κ2) is 20.3. The zero-order chi connectivity index (χ0) is 46.1. The highest BCUT2D eigenvalue weighted by atomic mass is 127. The normalized spacial score (nSPS) is 31.6. The Hall–Kier alpha value is -5.18. The number of nitrogens with one attached hydrogen (secondary N) is 2. The number of alkyl halides is 1. The number of benzene rings is 4. The van der Waals surface area contributed by atoms with Crippen molar-refractivity contribution in [2.45, 2.75) is 113 Å². The van der Waals surface area contributed by atoms with Gasteiger partial charge < -0.3 is 15.0 Å². The number of likely N-dealkylation sites (tertiary alicyclic amines) is 1. The van der Waals surface area contributed by atoms with Gasteiger partial charge in [0.05, 0.1) is 6.04 Å². The van der Waals surface area contributed by atoms with Crippen LogP contribution in [-0.4, -0.2) is 33.4 Å². The fourth-order valence-electron chi connectivity index (χ4n) is 13.8. The summed E-state index contributed by atoms with van der Waals surface area (Å²) in [6.45, 7) is 0. The number of halogens is 1. The summed E-state index contributed by atoms with van der Waals surface area (Å²) in [5, 5.41) is 7.95. The van der Waals surface area contributed by atoms with E-state index in [0.717, 1.165) is 73.3 Å². The first kappa shape index (κ1) is 45.0. The van der Waals surface area contributed by atoms with Crippen molar-refractivity contribution in [3.05, 3.63) is 209 Å². The molecular weight excluding hydrogens is 956 g/mol. The van der Waals surface area contributed by atoms with Crippen LogP contribution in [0, 0.1) is 29.6 Å². The monoisotopic (exact) mass is 1020 g/mol. The van der Waals surface area contributed by atoms with Gasteiger partial charge in [-0.05, 0) is 139 Å². The van der Waals surface area contributed by atoms with Gasteiger partial charge in [-0.2, -0.15) is 0 Å². The predicted molar refractivity (Wildman–Crippen MR) is 293 cm³/mol. The van der Waals surface area contributed by atoms with Crippen molar-refractivity contribution in [1.29, 1.82) is 0 Å². The van der Waals surface area contributed by atoms with Crippen molar-refractivity contribution in [2.24, 2.45) is 34.6 Å². The zero-order valence-corrected chi connectivity index (χ0v) is 42.0. The van der Waals surface area contributed by atoms with Gasteiger partial charge in [0.15, 0.2) is 0 Å². The van der Waals surface area contributed by atoms with Crippen molar-refractivity contribution in [2.75, 3.05) is 4.43 Å². The van der Waals surface area contributed by atoms with Gasteiger partial charge in [-0.3, -0.25) is 5.32 Å². The quantitative estimate of drug-likeness (QED) is 0.0893. The topological polar surface area (TPSA) is 48.9 Å². The van der Waals surface area contributed by atoms with E-state index in [1.165, 1.54) is 75.9 Å². The summed E-state index contributed by atoms with van der Waals surface area (Å²) in [4.78, 5) is 8.55. The molecule has 4 aromatic carbocycles. The molecule has 5 nitrogen and oxygen atoms in total. The third kappa shape index (κ3) is 9.21. The zero-order valence-electron chi connectivity index (χ0n) is 39.9. The van der Waals surface area contributed by atoms with E-state index in [1.807, 2.05) is 0 Å². The number of hydrogen-bond acceptors (Lipinski definition) is 5. The average molecular weight is 1020 g/mol. The Morgan fingerprint density at radius 3 is 2.36 bits per heavy atom. The molecule has 0 aromatic heterocycles. The largest absolute Gasteiger partial charge is 0.485 e. The highest BCUT2D eigenvalue weighted by Crippen LogP contribution is 2.55. The van der Waals surface area contributed by atoms with Gasteiger partial charge in [-0.15, -0.1) is 0 Å². The highest BCUT2D eigenvalue weighted by Gasteiger charge is 2.53. The predicted octanol–water partition coefficient (Wildman–Crippen LogP) is 14.8. The molecule has 69 heavy (non-hydrogen) atoms. The molecule has 0 bridgehead atoms. The number of ether oxygens (including phenoxy) is 1. The summed E-state index contributed by atoms with van der Waals surface area (Å²) in [6, 6.07) is 41.3. The van der Waals surface area contributed by atoms with E-state index in [-0.39, 0.29) is 30.3 Å². The molecule has 2 saturated carbocycles. The summed E-state index contributed by atoms with van der Waals surface area (Å²) in [5.74, 6) is 4.95. The first-order valence-electron chi connectivity index (χ1n) is 26.4. The summed E-state index contributed by atoms with van der Waals surface area (Å²) >= 11 is 2.41. The number of allylic oxidation sites excluding steroid dienone is 11. The van der Waals surface area contributed by atoms with Crippen LogP contribution in [0.5, 0.6) is 5.75 Å². The van der Waals surface area contributed by atoms with Crippen LogP contribution in [0.4, 0.5) is 0 Å². The average Bonchev–Trinajstić information content (AvgIpc) is 3.94. The first-order chi connectivity index (χ1) is 34.1. The Balaban J connectivity index is 0.900. The second-order valence-electron chi connectivity index (χ2n) is 21.0. The molecule has 3 heterocycles. The molecule has 11 atom stereocenters. The van der Waals surface area contributed by atoms with Gasteiger partial charge in [0.25, 0.3) is 0 Å². The lowest BCUT2D eigenvalue weighted by molar-refractivity contribution is 0.184. The molecule has 0 spiro atoms. The summed E-state index contributed by atoms with van der Waals surface area (Å²) in [6.07, 6.45) is 38.4. The van der Waals surface area contributed by atoms with Crippen LogP contribution in [0.1, 0.15) is 123 Å². The van der Waals surface area contributed by atoms with E-state index in [1.54, 1.807) is 0 Å². The van der Waals surface area contributed by atoms with Crippen molar-refractivity contribution >= 4 is 39.6 Å². The lowest BCUT2D eigenvalue weighted by Gasteiger charge is -2.42. The van der Waals surface area contributed by atoms with Crippen LogP contribution >= 0.6 is 22.6 Å². The molecule has 3 aliphatic heterocycles. The van der Waals surface area contributed by atoms with Crippen LogP contribution in [-0.2, 0) is 0 Å². The molecule has 5 aliphatic carbocycles. The van der Waals surface area contributed by atoms with E-state index >= 15 is 0 Å². The van der Waals surface area contributed by atoms with E-state index < -0.39 is 0 Å². The second-order valence-corrected chi connectivity index (χ2v) is 21.9. The minimum absolute atomic E-state index is 0.0677. The van der Waals surface area contributed by atoms with Crippen LogP contribution in [0.15, 0.2) is 186 Å². The smallest absolute Gasteiger partial charge is 0.129 e. The number of rotatable bonds is 11. The van der Waals surface area contributed by atoms with Crippen LogP contribution in [0.2, 0.25) is 0 Å². The third-order valence-electron chi connectivity index (χ3n) is 17.0. The van der Waals surface area contributed by atoms with Crippen LogP contribution < -0.4 is 15.4 Å². The standard InChI is InChI=1S/C63H67IN4O/c64-34-18-2-1-7-19-42-35-48(43-20-8-3-9-21-43)37-49(36-42)46-30-32-51(56(38-46)63-66-61(44-22-10-4-11-23-44)65-62(67-63)45-24-12-5-13-25-45)47-31-33-53-55-40-58-54(41-60(55)69-59(53)39-47)52-28-16-17-29-57(52)68(58)50-26-14-6-15-27-50/h1-5,7-14,18,20-27,31,33,36-37,39-40,42,46,51-52,54,56-58,60-62,65H,6,15-17,19,28-30,32,34-35,38,41H2,(H,66,67)/b7-1-,18-2-. The Bertz CT molecular complexity index is 2730. The number of nitrogens with zero attached hydrogens (tertiary/aromatic N) is 2. The van der Waals surface area contributed by atoms with E-state index in [2.05, 4.69) is 208 Å². The maximum Gasteiger partial charge on any atom is 0.129 e. The Morgan fingerprint density at radius 2 is 1.55 bits per heavy atom. The van der Waals surface area contributed by atoms with E-state index in [4.69, 9.17) is 9.73 Å². The number of aliphatic imine (C=N–C) groups is 1. The van der Waals surface area contributed by atoms with Crippen molar-refractivity contribution < 1.29 is 4.74 Å². The molecule has 3 fully saturated rings. The number of amidine groups is 1. The molecule has 12 rings (SSSR count). The fourth-order valence-corrected chi connectivity index (χ4v) is 14.1. The Kier molecular flexibility index (Phi) is 13.2. The molecule has 2 N–H and O–H groups in total. The van der Waals surface area contributed by atoms with Crippen molar-refractivity contribution in [3.63, 3.8) is 0 Å². The SMILES string of the molecule is IC/C=C\C=C/CC1C=C(C2CCC(c3ccc4c(c3)OC3CC5C6CCCCC6N(C6=CCCC=C6)C5C=C43)C(C3=NC(c4ccccc4)NC(c4ccccc4)N3)C2)C=C(c2ccccc2)C1. The molecular formula is C63H67IN4O. The molecule has 4 aromatic rings. The summed E-state index contributed by atoms with van der Waals surface area (Å²) in [7, 11) is 0. The Morgan fingerprint density at radius 1 is 0.754 bits per heavy atom. The van der Waals surface area contributed by atoms with Crippen LogP contribution in [0.25, 0.3) is 11.1 Å². The minimum atomic E-state index is -0.161. The summed E-state index contributed by atoms with van der Waals surface area (Å²) in [5.41, 5.74) is 12.3. The number of hydrogen-bond donors (Lipinski definition) is 2. The maximum atomic E-state index is 7.18. The molecule has 8 aliphatic rings. The lowest BCUT2D eigenvalue weighted by Crippen LogP contribution is -2.49. The van der Waals surface area contributed by atoms with Gasteiger partial charge in [0, 0.05) is 33.2 Å². The Labute approximate surface area is 424 Å². The fraction of sp³-hybridized carbons (Fsp3) is 0.381. The molecule has 0 radical (unpaired) electrons. The van der Waals surface area contributed by atoms with Gasteiger partial charge in [-0.1, -0.05) is 193 Å². The molecule has 1 saturated heterocycles. The van der Waals surface area contributed by atoms with Gasteiger partial charge >= 0.3 is 0 Å². The third-order valence-corrected chi connectivity index (χ3v) is 17.5. The van der Waals surface area contributed by atoms with E-state index in [9.17, 15) is 0 Å². The number of fused-ring (bicyclic) bond motifs is 6.